The van der Waals surface area contributed by atoms with Gasteiger partial charge < -0.3 is 5.32 Å². The molecule has 0 bridgehead atoms. The number of halogens is 1. The third-order valence-corrected chi connectivity index (χ3v) is 2.31. The van der Waals surface area contributed by atoms with Gasteiger partial charge in [-0.3, -0.25) is 19.7 Å². The maximum Gasteiger partial charge on any atom is 0.271 e. The molecule has 0 saturated carbocycles. The molecule has 17 heavy (non-hydrogen) atoms. The van der Waals surface area contributed by atoms with E-state index < -0.39 is 10.8 Å². The Bertz CT molecular complexity index is 487. The number of hydrogen-bond donors (Lipinski definition) is 1. The number of benzene rings is 1. The molecule has 1 aromatic rings. The standard InChI is InChI=1S/C10H9BrN2O4/c1-6(14)5-12-10(15)7-2-8(11)4-9(3-7)13(16)17/h2-4H,5H2,1H3,(H,12,15). The van der Waals surface area contributed by atoms with Gasteiger partial charge in [0.1, 0.15) is 5.78 Å². The van der Waals surface area contributed by atoms with Crippen LogP contribution in [0.5, 0.6) is 0 Å². The Morgan fingerprint density at radius 2 is 2.06 bits per heavy atom. The summed E-state index contributed by atoms with van der Waals surface area (Å²) < 4.78 is 0.430. The van der Waals surface area contributed by atoms with E-state index in [0.717, 1.165) is 6.07 Å². The van der Waals surface area contributed by atoms with Crippen LogP contribution in [0.1, 0.15) is 17.3 Å². The van der Waals surface area contributed by atoms with E-state index in [2.05, 4.69) is 21.2 Å². The Kier molecular flexibility index (Phi) is 4.33. The van der Waals surface area contributed by atoms with Gasteiger partial charge in [0.05, 0.1) is 11.5 Å². The lowest BCUT2D eigenvalue weighted by Crippen LogP contribution is -2.28. The maximum atomic E-state index is 11.6. The SMILES string of the molecule is CC(=O)CNC(=O)c1cc(Br)cc([N+](=O)[O-])c1. The third-order valence-electron chi connectivity index (χ3n) is 1.85. The highest BCUT2D eigenvalue weighted by atomic mass is 79.9. The van der Waals surface area contributed by atoms with Crippen molar-refractivity contribution in [2.45, 2.75) is 6.92 Å². The minimum absolute atomic E-state index is 0.0981. The van der Waals surface area contributed by atoms with Crippen molar-refractivity contribution < 1.29 is 14.5 Å². The van der Waals surface area contributed by atoms with E-state index in [-0.39, 0.29) is 23.6 Å². The van der Waals surface area contributed by atoms with E-state index >= 15 is 0 Å². The highest BCUT2D eigenvalue weighted by Gasteiger charge is 2.13. The first-order valence-corrected chi connectivity index (χ1v) is 5.42. The quantitative estimate of drug-likeness (QED) is 0.676. The molecule has 0 heterocycles. The summed E-state index contributed by atoms with van der Waals surface area (Å²) in [5.41, 5.74) is -0.0559. The Labute approximate surface area is 105 Å². The molecule has 0 aliphatic heterocycles. The monoisotopic (exact) mass is 300 g/mol. The van der Waals surface area contributed by atoms with Crippen molar-refractivity contribution in [3.8, 4) is 0 Å². The van der Waals surface area contributed by atoms with Crippen molar-refractivity contribution >= 4 is 33.3 Å². The normalized spacial score (nSPS) is 9.76. The van der Waals surface area contributed by atoms with Gasteiger partial charge in [0.15, 0.2) is 0 Å². The summed E-state index contributed by atoms with van der Waals surface area (Å²) >= 11 is 3.08. The zero-order valence-electron chi connectivity index (χ0n) is 8.90. The van der Waals surface area contributed by atoms with Gasteiger partial charge in [-0.25, -0.2) is 0 Å². The Morgan fingerprint density at radius 3 is 2.59 bits per heavy atom. The summed E-state index contributed by atoms with van der Waals surface area (Å²) in [7, 11) is 0. The number of ketones is 1. The average Bonchev–Trinajstić information content (AvgIpc) is 2.24. The first-order valence-electron chi connectivity index (χ1n) is 4.63. The molecule has 0 saturated heterocycles. The molecule has 0 unspecified atom stereocenters. The topological polar surface area (TPSA) is 89.3 Å². The predicted molar refractivity (Wildman–Crippen MR) is 63.8 cm³/mol. The van der Waals surface area contributed by atoms with Crippen LogP contribution in [0, 0.1) is 10.1 Å². The van der Waals surface area contributed by atoms with E-state index in [1.165, 1.54) is 19.1 Å². The molecule has 6 nitrogen and oxygen atoms in total. The summed E-state index contributed by atoms with van der Waals surface area (Å²) in [6.45, 7) is 1.24. The molecule has 90 valence electrons. The number of carbonyl (C=O) groups is 2. The Balaban J connectivity index is 2.93. The van der Waals surface area contributed by atoms with Crippen LogP contribution in [0.3, 0.4) is 0 Å². The van der Waals surface area contributed by atoms with Gasteiger partial charge in [-0.2, -0.15) is 0 Å². The fourth-order valence-corrected chi connectivity index (χ4v) is 1.60. The minimum atomic E-state index is -0.591. The molecule has 1 amide bonds. The second-order valence-corrected chi connectivity index (χ2v) is 4.26. The molecule has 1 rings (SSSR count). The Morgan fingerprint density at radius 1 is 1.41 bits per heavy atom. The van der Waals surface area contributed by atoms with Crippen LogP contribution >= 0.6 is 15.9 Å². The molecule has 0 aliphatic carbocycles. The molecule has 0 aliphatic rings. The number of rotatable bonds is 4. The van der Waals surface area contributed by atoms with Gasteiger partial charge in [-0.1, -0.05) is 15.9 Å². The number of nitro benzene ring substituents is 1. The lowest BCUT2D eigenvalue weighted by atomic mass is 10.2. The smallest absolute Gasteiger partial charge is 0.271 e. The van der Waals surface area contributed by atoms with Crippen LogP contribution in [-0.2, 0) is 4.79 Å². The van der Waals surface area contributed by atoms with Crippen LogP contribution in [-0.4, -0.2) is 23.2 Å². The number of carbonyl (C=O) groups excluding carboxylic acids is 2. The number of amides is 1. The van der Waals surface area contributed by atoms with Crippen molar-refractivity contribution in [1.29, 1.82) is 0 Å². The van der Waals surface area contributed by atoms with E-state index in [1.807, 2.05) is 0 Å². The lowest BCUT2D eigenvalue weighted by Gasteiger charge is -2.03. The van der Waals surface area contributed by atoms with Crippen LogP contribution in [0.4, 0.5) is 5.69 Å². The molecule has 0 aromatic heterocycles. The second-order valence-electron chi connectivity index (χ2n) is 3.34. The first kappa shape index (κ1) is 13.3. The average molecular weight is 301 g/mol. The molecule has 0 spiro atoms. The van der Waals surface area contributed by atoms with Crippen molar-refractivity contribution in [1.82, 2.24) is 5.32 Å². The highest BCUT2D eigenvalue weighted by Crippen LogP contribution is 2.21. The summed E-state index contributed by atoms with van der Waals surface area (Å²) in [5.74, 6) is -0.715. The van der Waals surface area contributed by atoms with E-state index in [1.54, 1.807) is 0 Å². The molecule has 0 atom stereocenters. The van der Waals surface area contributed by atoms with Crippen molar-refractivity contribution in [2.24, 2.45) is 0 Å². The van der Waals surface area contributed by atoms with Crippen molar-refractivity contribution in [3.05, 3.63) is 38.3 Å². The van der Waals surface area contributed by atoms with Gasteiger partial charge >= 0.3 is 0 Å². The molecular formula is C10H9BrN2O4. The number of nitrogens with one attached hydrogen (secondary N) is 1. The third kappa shape index (κ3) is 3.95. The minimum Gasteiger partial charge on any atom is -0.345 e. The number of nitro groups is 1. The van der Waals surface area contributed by atoms with Crippen LogP contribution in [0.25, 0.3) is 0 Å². The number of nitrogens with zero attached hydrogens (tertiary/aromatic N) is 1. The van der Waals surface area contributed by atoms with Crippen LogP contribution in [0.15, 0.2) is 22.7 Å². The summed E-state index contributed by atoms with van der Waals surface area (Å²) in [6, 6.07) is 3.89. The zero-order chi connectivity index (χ0) is 13.0. The fraction of sp³-hybridized carbons (Fsp3) is 0.200. The van der Waals surface area contributed by atoms with Crippen molar-refractivity contribution in [2.75, 3.05) is 6.54 Å². The highest BCUT2D eigenvalue weighted by molar-refractivity contribution is 9.10. The molecule has 7 heteroatoms. The summed E-state index contributed by atoms with van der Waals surface area (Å²) in [4.78, 5) is 32.3. The van der Waals surface area contributed by atoms with Gasteiger partial charge in [-0.15, -0.1) is 0 Å². The molecule has 1 N–H and O–H groups in total. The van der Waals surface area contributed by atoms with Crippen LogP contribution in [0.2, 0.25) is 0 Å². The van der Waals surface area contributed by atoms with E-state index in [4.69, 9.17) is 0 Å². The first-order chi connectivity index (χ1) is 7.90. The van der Waals surface area contributed by atoms with E-state index in [0.29, 0.717) is 4.47 Å². The molecular weight excluding hydrogens is 292 g/mol. The number of Topliss-reactive ketones (excluding diaryl/α,β-unsaturated/α-hetero) is 1. The zero-order valence-corrected chi connectivity index (χ0v) is 10.5. The molecule has 0 fully saturated rings. The Hall–Kier alpha value is -1.76. The second kappa shape index (κ2) is 5.53. The number of non-ortho nitro benzene ring substituents is 1. The van der Waals surface area contributed by atoms with E-state index in [9.17, 15) is 19.7 Å². The van der Waals surface area contributed by atoms with Crippen molar-refractivity contribution in [3.63, 3.8) is 0 Å². The van der Waals surface area contributed by atoms with Gasteiger partial charge in [0.2, 0.25) is 0 Å². The van der Waals surface area contributed by atoms with Gasteiger partial charge in [-0.05, 0) is 13.0 Å². The van der Waals surface area contributed by atoms with Gasteiger partial charge in [0.25, 0.3) is 11.6 Å². The largest absolute Gasteiger partial charge is 0.345 e. The fourth-order valence-electron chi connectivity index (χ4n) is 1.12. The predicted octanol–water partition coefficient (Wildman–Crippen LogP) is 1.68. The maximum absolute atomic E-state index is 11.6. The van der Waals surface area contributed by atoms with Crippen LogP contribution < -0.4 is 5.32 Å². The summed E-state index contributed by atoms with van der Waals surface area (Å²) in [6.07, 6.45) is 0. The number of hydrogen-bond acceptors (Lipinski definition) is 4. The molecule has 0 radical (unpaired) electrons. The lowest BCUT2D eigenvalue weighted by molar-refractivity contribution is -0.385. The van der Waals surface area contributed by atoms with Gasteiger partial charge in [0, 0.05) is 22.2 Å². The molecule has 1 aromatic carbocycles. The summed E-state index contributed by atoms with van der Waals surface area (Å²) in [5, 5.41) is 13.0.